The molecule has 0 N–H and O–H groups in total. The summed E-state index contributed by atoms with van der Waals surface area (Å²) in [5.74, 6) is -51.2. The molecule has 0 aliphatic rings. The van der Waals surface area contributed by atoms with Crippen molar-refractivity contribution >= 4 is 41.3 Å². The maximum absolute atomic E-state index is 15.1. The minimum absolute atomic E-state index is 2.99. The van der Waals surface area contributed by atoms with E-state index in [4.69, 9.17) is 0 Å². The predicted octanol–water partition coefficient (Wildman–Crippen LogP) is 9.72. The molecule has 0 amide bonds. The zero-order valence-corrected chi connectivity index (χ0v) is 21.3. The van der Waals surface area contributed by atoms with Crippen LogP contribution >= 0.6 is 7.92 Å². The third-order valence-corrected chi connectivity index (χ3v) is 8.07. The van der Waals surface area contributed by atoms with Gasteiger partial charge in [-0.3, -0.25) is 0 Å². The van der Waals surface area contributed by atoms with Gasteiger partial charge in [0.1, 0.15) is 0 Å². The first-order chi connectivity index (χ1) is 21.1. The molecule has 0 radical (unpaired) electrons. The summed E-state index contributed by atoms with van der Waals surface area (Å²) in [5, 5.41) is -9.14. The molecule has 0 nitrogen and oxygen atoms in total. The lowest BCUT2D eigenvalue weighted by Crippen LogP contribution is -2.36. The van der Waals surface area contributed by atoms with Crippen LogP contribution in [0.2, 0.25) is 0 Å². The molecule has 3 aromatic rings. The van der Waals surface area contributed by atoms with Crippen molar-refractivity contribution in [1.82, 2.24) is 0 Å². The van der Waals surface area contributed by atoms with Crippen LogP contribution in [-0.2, 0) is 0 Å². The summed E-state index contributed by atoms with van der Waals surface area (Å²) in [6.07, 6.45) is -11.2. The third kappa shape index (κ3) is 5.57. The zero-order chi connectivity index (χ0) is 35.4. The number of hydrogen-bond acceptors (Lipinski definition) is 0. The molecule has 0 saturated heterocycles. The highest BCUT2D eigenvalue weighted by atomic mass is 31.1. The van der Waals surface area contributed by atoms with Crippen LogP contribution in [0.15, 0.2) is 18.2 Å². The Morgan fingerprint density at radius 3 is 0.543 bits per heavy atom. The summed E-state index contributed by atoms with van der Waals surface area (Å²) in [6, 6.07) is 0. The SMILES string of the molecule is FC(F)=C(F)c1c(F)c(F)c(P(c2c(F)c(F)c(C(F)=C(F)F)c(F)c2F)c2c(F)c(F)c(C(F)=C(F)F)c(F)c2F)c(F)c1F. The highest BCUT2D eigenvalue weighted by molar-refractivity contribution is 7.79. The highest BCUT2D eigenvalue weighted by Crippen LogP contribution is 2.45. The van der Waals surface area contributed by atoms with E-state index in [-0.39, 0.29) is 0 Å². The molecular weight excluding hydrogens is 718 g/mol. The van der Waals surface area contributed by atoms with E-state index in [0.717, 1.165) is 0 Å². The first-order valence-corrected chi connectivity index (χ1v) is 12.0. The van der Waals surface area contributed by atoms with Crippen LogP contribution in [0.25, 0.3) is 17.5 Å². The standard InChI is InChI=1S/C24F21P/c25-4-1(10(31)22(40)41)5(26)14(35)19(13(4)34)46(20-15(36)6(27)2(7(28)16(20)37)11(32)23(42)43)21-17(38)8(29)3(9(30)18(21)39)12(33)24(44)45. The van der Waals surface area contributed by atoms with Crippen molar-refractivity contribution in [3.63, 3.8) is 0 Å². The molecule has 0 aliphatic carbocycles. The van der Waals surface area contributed by atoms with Crippen LogP contribution in [0.5, 0.6) is 0 Å². The molecule has 0 unspecified atom stereocenters. The molecule has 0 saturated carbocycles. The van der Waals surface area contributed by atoms with E-state index >= 15 is 26.3 Å². The Bertz CT molecular complexity index is 1590. The van der Waals surface area contributed by atoms with Crippen molar-refractivity contribution in [3.8, 4) is 0 Å². The molecule has 248 valence electrons. The van der Waals surface area contributed by atoms with Crippen molar-refractivity contribution in [2.75, 3.05) is 0 Å². The minimum Gasteiger partial charge on any atom is -0.203 e. The van der Waals surface area contributed by atoms with Crippen LogP contribution in [0.1, 0.15) is 16.7 Å². The molecule has 0 spiro atoms. The monoisotopic (exact) mass is 718 g/mol. The van der Waals surface area contributed by atoms with Crippen LogP contribution in [-0.4, -0.2) is 0 Å². The van der Waals surface area contributed by atoms with Gasteiger partial charge in [0.15, 0.2) is 69.8 Å². The van der Waals surface area contributed by atoms with Gasteiger partial charge in [-0.25, -0.2) is 65.9 Å². The lowest BCUT2D eigenvalue weighted by Gasteiger charge is -2.25. The first kappa shape index (κ1) is 36.3. The Morgan fingerprint density at radius 2 is 0.413 bits per heavy atom. The summed E-state index contributed by atoms with van der Waals surface area (Å²) >= 11 is 0. The van der Waals surface area contributed by atoms with Gasteiger partial charge < -0.3 is 0 Å². The van der Waals surface area contributed by atoms with Crippen molar-refractivity contribution in [3.05, 3.63) is 105 Å². The quantitative estimate of drug-likeness (QED) is 0.135. The van der Waals surface area contributed by atoms with E-state index in [2.05, 4.69) is 0 Å². The zero-order valence-electron chi connectivity index (χ0n) is 20.4. The second kappa shape index (κ2) is 12.9. The number of benzene rings is 3. The van der Waals surface area contributed by atoms with Gasteiger partial charge in [0.2, 0.25) is 17.5 Å². The fourth-order valence-corrected chi connectivity index (χ4v) is 6.08. The Kier molecular flexibility index (Phi) is 10.2. The Balaban J connectivity index is 2.76. The summed E-state index contributed by atoms with van der Waals surface area (Å²) < 4.78 is 295. The molecule has 3 aromatic carbocycles. The smallest absolute Gasteiger partial charge is 0.203 e. The van der Waals surface area contributed by atoms with Gasteiger partial charge in [0.05, 0.1) is 32.6 Å². The second-order valence-electron chi connectivity index (χ2n) is 8.00. The molecule has 0 atom stereocenters. The van der Waals surface area contributed by atoms with E-state index in [9.17, 15) is 65.9 Å². The Morgan fingerprint density at radius 1 is 0.261 bits per heavy atom. The van der Waals surface area contributed by atoms with E-state index < -0.39 is 146 Å². The molecule has 46 heavy (non-hydrogen) atoms. The lowest BCUT2D eigenvalue weighted by atomic mass is 10.1. The van der Waals surface area contributed by atoms with E-state index in [0.29, 0.717) is 0 Å². The number of hydrogen-bond donors (Lipinski definition) is 0. The predicted molar refractivity (Wildman–Crippen MR) is 115 cm³/mol. The summed E-state index contributed by atoms with van der Waals surface area (Å²) in [7, 11) is -5.48. The molecule has 22 heteroatoms. The summed E-state index contributed by atoms with van der Waals surface area (Å²) in [5.41, 5.74) is -8.98. The van der Waals surface area contributed by atoms with E-state index in [1.54, 1.807) is 0 Å². The molecule has 0 fully saturated rings. The summed E-state index contributed by atoms with van der Waals surface area (Å²) in [4.78, 5) is 0. The fraction of sp³-hybridized carbons (Fsp3) is 0. The van der Waals surface area contributed by atoms with E-state index in [1.807, 2.05) is 0 Å². The topological polar surface area (TPSA) is 0 Å². The number of rotatable bonds is 6. The van der Waals surface area contributed by atoms with Gasteiger partial charge in [-0.15, -0.1) is 0 Å². The molecule has 0 aliphatic heterocycles. The molecule has 0 heterocycles. The van der Waals surface area contributed by atoms with Gasteiger partial charge in [-0.1, -0.05) is 0 Å². The second-order valence-corrected chi connectivity index (χ2v) is 10.0. The normalized spacial score (nSPS) is 11.3. The van der Waals surface area contributed by atoms with Crippen LogP contribution in [0.4, 0.5) is 92.2 Å². The fourth-order valence-electron chi connectivity index (χ4n) is 3.65. The van der Waals surface area contributed by atoms with Gasteiger partial charge >= 0.3 is 18.2 Å². The van der Waals surface area contributed by atoms with Gasteiger partial charge in [0, 0.05) is 7.92 Å². The maximum atomic E-state index is 15.1. The van der Waals surface area contributed by atoms with Gasteiger partial charge in [0.25, 0.3) is 0 Å². The average molecular weight is 718 g/mol. The Labute approximate surface area is 239 Å². The maximum Gasteiger partial charge on any atom is 0.306 e. The molecule has 0 bridgehead atoms. The molecule has 3 rings (SSSR count). The first-order valence-electron chi connectivity index (χ1n) is 10.6. The molecule has 0 aromatic heterocycles. The lowest BCUT2D eigenvalue weighted by molar-refractivity contribution is 0.403. The minimum atomic E-state index is -5.48. The average Bonchev–Trinajstić information content (AvgIpc) is 2.97. The van der Waals surface area contributed by atoms with E-state index in [1.165, 1.54) is 0 Å². The highest BCUT2D eigenvalue weighted by Gasteiger charge is 2.44. The number of halogens is 21. The third-order valence-electron chi connectivity index (χ3n) is 5.55. The van der Waals surface area contributed by atoms with Gasteiger partial charge in [-0.2, -0.15) is 26.3 Å². The summed E-state index contributed by atoms with van der Waals surface area (Å²) in [6.45, 7) is 0. The van der Waals surface area contributed by atoms with Crippen molar-refractivity contribution in [2.24, 2.45) is 0 Å². The van der Waals surface area contributed by atoms with Crippen molar-refractivity contribution in [1.29, 1.82) is 0 Å². The van der Waals surface area contributed by atoms with Crippen LogP contribution in [0.3, 0.4) is 0 Å². The van der Waals surface area contributed by atoms with Crippen molar-refractivity contribution < 1.29 is 92.2 Å². The van der Waals surface area contributed by atoms with Gasteiger partial charge in [-0.05, 0) is 0 Å². The molecular formula is C24F21P. The van der Waals surface area contributed by atoms with Crippen LogP contribution in [0, 0.1) is 69.8 Å². The largest absolute Gasteiger partial charge is 0.306 e. The van der Waals surface area contributed by atoms with Crippen molar-refractivity contribution in [2.45, 2.75) is 0 Å². The Hall–Kier alpha value is -4.16. The van der Waals surface area contributed by atoms with Crippen LogP contribution < -0.4 is 15.9 Å².